The lowest BCUT2D eigenvalue weighted by Gasteiger charge is -2.17. The first kappa shape index (κ1) is 14.5. The summed E-state index contributed by atoms with van der Waals surface area (Å²) in [7, 11) is 0. The van der Waals surface area contributed by atoms with E-state index in [1.165, 1.54) is 34.1 Å². The molecule has 0 radical (unpaired) electrons. The molecule has 2 rings (SSSR count). The van der Waals surface area contributed by atoms with E-state index in [9.17, 15) is 0 Å². The molecular formula is C18H24S. The highest BCUT2D eigenvalue weighted by Gasteiger charge is 2.12. The Morgan fingerprint density at radius 1 is 1.00 bits per heavy atom. The van der Waals surface area contributed by atoms with Crippen molar-refractivity contribution in [1.82, 2.24) is 0 Å². The van der Waals surface area contributed by atoms with Gasteiger partial charge in [0, 0.05) is 10.1 Å². The molecule has 0 bridgehead atoms. The van der Waals surface area contributed by atoms with Crippen LogP contribution in [0, 0.1) is 5.92 Å². The second kappa shape index (κ2) is 6.47. The molecule has 2 aromatic rings. The molecule has 1 atom stereocenters. The summed E-state index contributed by atoms with van der Waals surface area (Å²) in [6.45, 7) is 9.19. The van der Waals surface area contributed by atoms with Crippen LogP contribution in [0.15, 0.2) is 41.3 Å². The number of thioether (sulfide) groups is 1. The van der Waals surface area contributed by atoms with Crippen LogP contribution in [-0.2, 0) is 6.42 Å². The van der Waals surface area contributed by atoms with Crippen LogP contribution in [0.3, 0.4) is 0 Å². The highest BCUT2D eigenvalue weighted by atomic mass is 32.2. The molecule has 0 aliphatic carbocycles. The molecule has 0 amide bonds. The third-order valence-corrected chi connectivity index (χ3v) is 4.94. The van der Waals surface area contributed by atoms with E-state index in [0.29, 0.717) is 11.2 Å². The quantitative estimate of drug-likeness (QED) is 0.608. The number of hydrogen-bond acceptors (Lipinski definition) is 1. The van der Waals surface area contributed by atoms with Crippen LogP contribution < -0.4 is 0 Å². The Bertz CT molecular complexity index is 542. The summed E-state index contributed by atoms with van der Waals surface area (Å²) < 4.78 is 0. The van der Waals surface area contributed by atoms with Crippen LogP contribution in [0.5, 0.6) is 0 Å². The van der Waals surface area contributed by atoms with Crippen LogP contribution in [0.4, 0.5) is 0 Å². The summed E-state index contributed by atoms with van der Waals surface area (Å²) in [5.74, 6) is 0.706. The number of fused-ring (bicyclic) bond motifs is 1. The largest absolute Gasteiger partial charge is 0.122 e. The van der Waals surface area contributed by atoms with Gasteiger partial charge in [0.15, 0.2) is 0 Å². The Morgan fingerprint density at radius 2 is 1.74 bits per heavy atom. The fourth-order valence-electron chi connectivity index (χ4n) is 2.31. The summed E-state index contributed by atoms with van der Waals surface area (Å²) in [6, 6.07) is 13.4. The molecule has 0 heterocycles. The van der Waals surface area contributed by atoms with Gasteiger partial charge in [0.05, 0.1) is 0 Å². The Labute approximate surface area is 121 Å². The molecule has 1 heteroatoms. The molecule has 0 spiro atoms. The third kappa shape index (κ3) is 3.54. The van der Waals surface area contributed by atoms with Gasteiger partial charge >= 0.3 is 0 Å². The van der Waals surface area contributed by atoms with Crippen molar-refractivity contribution in [2.24, 2.45) is 5.92 Å². The highest BCUT2D eigenvalue weighted by molar-refractivity contribution is 8.00. The fourth-order valence-corrected chi connectivity index (χ4v) is 3.50. The summed E-state index contributed by atoms with van der Waals surface area (Å²) in [5.41, 5.74) is 1.51. The van der Waals surface area contributed by atoms with Crippen molar-refractivity contribution in [3.8, 4) is 0 Å². The maximum atomic E-state index is 2.33. The molecule has 19 heavy (non-hydrogen) atoms. The predicted molar refractivity (Wildman–Crippen MR) is 88.1 cm³/mol. The minimum Gasteiger partial charge on any atom is -0.122 e. The van der Waals surface area contributed by atoms with Gasteiger partial charge in [-0.05, 0) is 35.1 Å². The maximum Gasteiger partial charge on any atom is 0.0185 e. The average molecular weight is 272 g/mol. The second-order valence-electron chi connectivity index (χ2n) is 5.71. The third-order valence-electron chi connectivity index (χ3n) is 3.48. The molecule has 0 unspecified atom stereocenters. The minimum atomic E-state index is 0.678. The van der Waals surface area contributed by atoms with Crippen molar-refractivity contribution >= 4 is 22.5 Å². The van der Waals surface area contributed by atoms with Gasteiger partial charge in [-0.1, -0.05) is 64.1 Å². The van der Waals surface area contributed by atoms with E-state index >= 15 is 0 Å². The SMILES string of the molecule is CC[C@H](C)Sc1c(CC(C)C)ccc2ccccc12. The summed E-state index contributed by atoms with van der Waals surface area (Å²) >= 11 is 2.04. The Morgan fingerprint density at radius 3 is 2.42 bits per heavy atom. The van der Waals surface area contributed by atoms with Gasteiger partial charge in [-0.25, -0.2) is 0 Å². The maximum absolute atomic E-state index is 2.33. The lowest BCUT2D eigenvalue weighted by molar-refractivity contribution is 0.641. The van der Waals surface area contributed by atoms with Crippen molar-refractivity contribution in [3.05, 3.63) is 42.0 Å². The van der Waals surface area contributed by atoms with Crippen LogP contribution in [-0.4, -0.2) is 5.25 Å². The fraction of sp³-hybridized carbons (Fsp3) is 0.444. The molecule has 2 aromatic carbocycles. The molecule has 0 aliphatic rings. The van der Waals surface area contributed by atoms with Gasteiger partial charge in [0.1, 0.15) is 0 Å². The summed E-state index contributed by atoms with van der Waals surface area (Å²) in [5, 5.41) is 3.46. The van der Waals surface area contributed by atoms with Gasteiger partial charge in [-0.3, -0.25) is 0 Å². The number of hydrogen-bond donors (Lipinski definition) is 0. The van der Waals surface area contributed by atoms with E-state index in [4.69, 9.17) is 0 Å². The first-order valence-corrected chi connectivity index (χ1v) is 8.17. The highest BCUT2D eigenvalue weighted by Crippen LogP contribution is 2.36. The molecule has 0 fully saturated rings. The average Bonchev–Trinajstić information content (AvgIpc) is 2.40. The molecule has 0 saturated heterocycles. The molecular weight excluding hydrogens is 248 g/mol. The number of benzene rings is 2. The molecule has 0 aliphatic heterocycles. The van der Waals surface area contributed by atoms with E-state index in [1.807, 2.05) is 11.8 Å². The molecule has 0 saturated carbocycles. The van der Waals surface area contributed by atoms with Crippen molar-refractivity contribution in [2.75, 3.05) is 0 Å². The minimum absolute atomic E-state index is 0.678. The van der Waals surface area contributed by atoms with Gasteiger partial charge in [-0.15, -0.1) is 11.8 Å². The van der Waals surface area contributed by atoms with E-state index in [2.05, 4.69) is 64.1 Å². The molecule has 0 N–H and O–H groups in total. The Kier molecular flexibility index (Phi) is 4.93. The van der Waals surface area contributed by atoms with Crippen molar-refractivity contribution in [2.45, 2.75) is 50.7 Å². The zero-order chi connectivity index (χ0) is 13.8. The predicted octanol–water partition coefficient (Wildman–Crippen LogP) is 5.93. The monoisotopic (exact) mass is 272 g/mol. The van der Waals surface area contributed by atoms with Gasteiger partial charge in [0.25, 0.3) is 0 Å². The standard InChI is InChI=1S/C18H24S/c1-5-14(4)19-18-16(12-13(2)3)11-10-15-8-6-7-9-17(15)18/h6-11,13-14H,5,12H2,1-4H3/t14-/m0/s1. The van der Waals surface area contributed by atoms with Gasteiger partial charge < -0.3 is 0 Å². The molecule has 102 valence electrons. The summed E-state index contributed by atoms with van der Waals surface area (Å²) in [4.78, 5) is 1.50. The van der Waals surface area contributed by atoms with Crippen LogP contribution in [0.2, 0.25) is 0 Å². The smallest absolute Gasteiger partial charge is 0.0185 e. The molecule has 0 nitrogen and oxygen atoms in total. The first-order chi connectivity index (χ1) is 9.11. The van der Waals surface area contributed by atoms with Gasteiger partial charge in [0.2, 0.25) is 0 Å². The molecule has 0 aromatic heterocycles. The Hall–Kier alpha value is -0.950. The topological polar surface area (TPSA) is 0 Å². The van der Waals surface area contributed by atoms with E-state index < -0.39 is 0 Å². The normalized spacial score (nSPS) is 13.1. The van der Waals surface area contributed by atoms with E-state index in [0.717, 1.165) is 0 Å². The van der Waals surface area contributed by atoms with Crippen LogP contribution >= 0.6 is 11.8 Å². The van der Waals surface area contributed by atoms with Crippen molar-refractivity contribution in [3.63, 3.8) is 0 Å². The van der Waals surface area contributed by atoms with E-state index in [1.54, 1.807) is 0 Å². The van der Waals surface area contributed by atoms with Crippen LogP contribution in [0.1, 0.15) is 39.7 Å². The Balaban J connectivity index is 2.51. The van der Waals surface area contributed by atoms with Gasteiger partial charge in [-0.2, -0.15) is 0 Å². The lowest BCUT2D eigenvalue weighted by atomic mass is 9.99. The zero-order valence-electron chi connectivity index (χ0n) is 12.4. The lowest BCUT2D eigenvalue weighted by Crippen LogP contribution is -2.00. The van der Waals surface area contributed by atoms with E-state index in [-0.39, 0.29) is 0 Å². The van der Waals surface area contributed by atoms with Crippen molar-refractivity contribution in [1.29, 1.82) is 0 Å². The van der Waals surface area contributed by atoms with Crippen LogP contribution in [0.25, 0.3) is 10.8 Å². The zero-order valence-corrected chi connectivity index (χ0v) is 13.3. The summed E-state index contributed by atoms with van der Waals surface area (Å²) in [6.07, 6.45) is 2.39. The first-order valence-electron chi connectivity index (χ1n) is 7.29. The number of rotatable bonds is 5. The van der Waals surface area contributed by atoms with Crippen molar-refractivity contribution < 1.29 is 0 Å². The second-order valence-corrected chi connectivity index (χ2v) is 7.16.